The van der Waals surface area contributed by atoms with Crippen molar-refractivity contribution in [2.45, 2.75) is 20.3 Å². The fourth-order valence-corrected chi connectivity index (χ4v) is 2.19. The van der Waals surface area contributed by atoms with E-state index >= 15 is 0 Å². The number of tetrazole rings is 1. The van der Waals surface area contributed by atoms with Crippen LogP contribution in [0, 0.1) is 5.92 Å². The van der Waals surface area contributed by atoms with Crippen LogP contribution in [0.2, 0.25) is 0 Å². The van der Waals surface area contributed by atoms with Gasteiger partial charge in [0, 0.05) is 18.7 Å². The molecular weight excluding hydrogens is 298 g/mol. The van der Waals surface area contributed by atoms with Gasteiger partial charge in [0.15, 0.2) is 0 Å². The van der Waals surface area contributed by atoms with Crippen molar-refractivity contribution >= 4 is 11.9 Å². The lowest BCUT2D eigenvalue weighted by Crippen LogP contribution is -2.36. The number of aromatic nitrogens is 4. The maximum absolute atomic E-state index is 12.7. The number of rotatable bonds is 7. The van der Waals surface area contributed by atoms with Gasteiger partial charge in [-0.2, -0.15) is 0 Å². The molecule has 0 bridgehead atoms. The minimum atomic E-state index is -0.922. The molecule has 0 unspecified atom stereocenters. The Morgan fingerprint density at radius 2 is 2.13 bits per heavy atom. The van der Waals surface area contributed by atoms with E-state index < -0.39 is 5.97 Å². The van der Waals surface area contributed by atoms with Crippen molar-refractivity contribution in [1.29, 1.82) is 0 Å². The monoisotopic (exact) mass is 317 g/mol. The number of benzene rings is 1. The van der Waals surface area contributed by atoms with E-state index in [9.17, 15) is 9.59 Å². The quantitative estimate of drug-likeness (QED) is 0.824. The molecule has 1 aromatic heterocycles. The van der Waals surface area contributed by atoms with Crippen LogP contribution in [0.15, 0.2) is 30.6 Å². The summed E-state index contributed by atoms with van der Waals surface area (Å²) < 4.78 is 1.46. The molecule has 8 nitrogen and oxygen atoms in total. The number of hydrogen-bond donors (Lipinski definition) is 1. The third kappa shape index (κ3) is 4.60. The summed E-state index contributed by atoms with van der Waals surface area (Å²) in [5, 5.41) is 19.8. The molecule has 0 spiro atoms. The predicted octanol–water partition coefficient (Wildman–Crippen LogP) is 1.24. The summed E-state index contributed by atoms with van der Waals surface area (Å²) >= 11 is 0. The zero-order valence-electron chi connectivity index (χ0n) is 13.1. The third-order valence-corrected chi connectivity index (χ3v) is 3.17. The molecule has 2 aromatic rings. The lowest BCUT2D eigenvalue weighted by atomic mass is 10.1. The molecule has 0 radical (unpaired) electrons. The smallest absolute Gasteiger partial charge is 0.305 e. The first-order chi connectivity index (χ1) is 11.0. The van der Waals surface area contributed by atoms with Crippen molar-refractivity contribution in [2.24, 2.45) is 5.92 Å². The maximum atomic E-state index is 12.7. The highest BCUT2D eigenvalue weighted by Gasteiger charge is 2.18. The van der Waals surface area contributed by atoms with Gasteiger partial charge in [-0.05, 0) is 34.5 Å². The van der Waals surface area contributed by atoms with Crippen molar-refractivity contribution in [3.8, 4) is 5.69 Å². The maximum Gasteiger partial charge on any atom is 0.305 e. The number of carboxylic acid groups (broad SMARTS) is 1. The number of hydrogen-bond acceptors (Lipinski definition) is 5. The van der Waals surface area contributed by atoms with E-state index in [2.05, 4.69) is 15.5 Å². The summed E-state index contributed by atoms with van der Waals surface area (Å²) in [6.07, 6.45) is 1.37. The van der Waals surface area contributed by atoms with Crippen molar-refractivity contribution in [1.82, 2.24) is 25.1 Å². The Morgan fingerprint density at radius 3 is 2.74 bits per heavy atom. The summed E-state index contributed by atoms with van der Waals surface area (Å²) in [6, 6.07) is 6.92. The Labute approximate surface area is 133 Å². The SMILES string of the molecule is CC(C)CN(CCC(=O)O)C(=O)c1cccc(-n2cnnn2)c1. The summed E-state index contributed by atoms with van der Waals surface area (Å²) in [5.41, 5.74) is 1.15. The van der Waals surface area contributed by atoms with Crippen LogP contribution in [0.4, 0.5) is 0 Å². The minimum Gasteiger partial charge on any atom is -0.481 e. The first kappa shape index (κ1) is 16.6. The lowest BCUT2D eigenvalue weighted by Gasteiger charge is -2.24. The van der Waals surface area contributed by atoms with Crippen molar-refractivity contribution in [3.63, 3.8) is 0 Å². The first-order valence-corrected chi connectivity index (χ1v) is 7.32. The largest absolute Gasteiger partial charge is 0.481 e. The lowest BCUT2D eigenvalue weighted by molar-refractivity contribution is -0.137. The molecular formula is C15H19N5O3. The second-order valence-corrected chi connectivity index (χ2v) is 5.59. The van der Waals surface area contributed by atoms with Gasteiger partial charge in [0.25, 0.3) is 5.91 Å². The molecule has 8 heteroatoms. The summed E-state index contributed by atoms with van der Waals surface area (Å²) in [5.74, 6) is -0.876. The van der Waals surface area contributed by atoms with E-state index in [-0.39, 0.29) is 24.8 Å². The number of carbonyl (C=O) groups excluding carboxylic acids is 1. The molecule has 0 saturated carbocycles. The van der Waals surface area contributed by atoms with Gasteiger partial charge in [-0.15, -0.1) is 5.10 Å². The van der Waals surface area contributed by atoms with Crippen LogP contribution in [0.1, 0.15) is 30.6 Å². The van der Waals surface area contributed by atoms with Crippen molar-refractivity contribution in [2.75, 3.05) is 13.1 Å². The highest BCUT2D eigenvalue weighted by atomic mass is 16.4. The molecule has 1 heterocycles. The van der Waals surface area contributed by atoms with Crippen LogP contribution in [0.5, 0.6) is 0 Å². The Bertz CT molecular complexity index is 670. The molecule has 1 amide bonds. The van der Waals surface area contributed by atoms with E-state index in [0.717, 1.165) is 0 Å². The molecule has 0 aliphatic carbocycles. The standard InChI is InChI=1S/C15H19N5O3/c1-11(2)9-19(7-6-14(21)22)15(23)12-4-3-5-13(8-12)20-10-16-17-18-20/h3-5,8,10-11H,6-7,9H2,1-2H3,(H,21,22). The zero-order chi connectivity index (χ0) is 16.8. The van der Waals surface area contributed by atoms with E-state index in [1.165, 1.54) is 11.0 Å². The number of amides is 1. The topological polar surface area (TPSA) is 101 Å². The van der Waals surface area contributed by atoms with Crippen molar-refractivity contribution in [3.05, 3.63) is 36.2 Å². The van der Waals surface area contributed by atoms with Crippen LogP contribution in [0.3, 0.4) is 0 Å². The Kier molecular flexibility index (Phi) is 5.40. The molecule has 2 rings (SSSR count). The predicted molar refractivity (Wildman–Crippen MR) is 82.1 cm³/mol. The summed E-state index contributed by atoms with van der Waals surface area (Å²) in [7, 11) is 0. The van der Waals surface area contributed by atoms with Crippen LogP contribution in [-0.2, 0) is 4.79 Å². The highest BCUT2D eigenvalue weighted by Crippen LogP contribution is 2.13. The molecule has 122 valence electrons. The average Bonchev–Trinajstić information content (AvgIpc) is 3.05. The number of carboxylic acids is 1. The normalized spacial score (nSPS) is 10.7. The molecule has 0 fully saturated rings. The number of carbonyl (C=O) groups is 2. The van der Waals surface area contributed by atoms with Gasteiger partial charge in [-0.3, -0.25) is 9.59 Å². The van der Waals surface area contributed by atoms with E-state index in [4.69, 9.17) is 5.11 Å². The molecule has 0 saturated heterocycles. The molecule has 1 aromatic carbocycles. The van der Waals surface area contributed by atoms with E-state index in [1.54, 1.807) is 29.2 Å². The van der Waals surface area contributed by atoms with Crippen LogP contribution in [-0.4, -0.2) is 55.2 Å². The van der Waals surface area contributed by atoms with Crippen LogP contribution < -0.4 is 0 Å². The number of nitrogens with zero attached hydrogens (tertiary/aromatic N) is 5. The second kappa shape index (κ2) is 7.48. The molecule has 0 aliphatic rings. The Morgan fingerprint density at radius 1 is 1.35 bits per heavy atom. The van der Waals surface area contributed by atoms with Crippen molar-refractivity contribution < 1.29 is 14.7 Å². The molecule has 0 atom stereocenters. The van der Waals surface area contributed by atoms with E-state index in [1.807, 2.05) is 13.8 Å². The van der Waals surface area contributed by atoms with E-state index in [0.29, 0.717) is 17.8 Å². The fourth-order valence-electron chi connectivity index (χ4n) is 2.19. The molecule has 1 N–H and O–H groups in total. The van der Waals surface area contributed by atoms with Crippen LogP contribution in [0.25, 0.3) is 5.69 Å². The van der Waals surface area contributed by atoms with Gasteiger partial charge < -0.3 is 10.0 Å². The minimum absolute atomic E-state index is 0.0782. The van der Waals surface area contributed by atoms with Gasteiger partial charge in [0.2, 0.25) is 0 Å². The second-order valence-electron chi connectivity index (χ2n) is 5.59. The Hall–Kier alpha value is -2.77. The average molecular weight is 317 g/mol. The van der Waals surface area contributed by atoms with Gasteiger partial charge >= 0.3 is 5.97 Å². The first-order valence-electron chi connectivity index (χ1n) is 7.32. The fraction of sp³-hybridized carbons (Fsp3) is 0.400. The summed E-state index contributed by atoms with van der Waals surface area (Å²) in [6.45, 7) is 4.65. The Balaban J connectivity index is 2.21. The van der Waals surface area contributed by atoms with Crippen LogP contribution >= 0.6 is 0 Å². The zero-order valence-corrected chi connectivity index (χ0v) is 13.1. The van der Waals surface area contributed by atoms with Gasteiger partial charge in [0.1, 0.15) is 6.33 Å². The molecule has 0 aliphatic heterocycles. The summed E-state index contributed by atoms with van der Waals surface area (Å²) in [4.78, 5) is 25.0. The third-order valence-electron chi connectivity index (χ3n) is 3.17. The van der Waals surface area contributed by atoms with Gasteiger partial charge in [-0.1, -0.05) is 19.9 Å². The molecule has 23 heavy (non-hydrogen) atoms. The highest BCUT2D eigenvalue weighted by molar-refractivity contribution is 5.95. The van der Waals surface area contributed by atoms with Gasteiger partial charge in [-0.25, -0.2) is 4.68 Å². The number of aliphatic carboxylic acids is 1. The van der Waals surface area contributed by atoms with Gasteiger partial charge in [0.05, 0.1) is 12.1 Å².